The van der Waals surface area contributed by atoms with Crippen LogP contribution in [0.4, 0.5) is 0 Å². The van der Waals surface area contributed by atoms with Crippen LogP contribution in [-0.4, -0.2) is 46.2 Å². The molecule has 128 valence electrons. The maximum atomic E-state index is 12.7. The van der Waals surface area contributed by atoms with Crippen LogP contribution in [0.5, 0.6) is 0 Å². The molecule has 1 saturated carbocycles. The van der Waals surface area contributed by atoms with E-state index in [1.165, 1.54) is 45.1 Å². The Bertz CT molecular complexity index is 704. The average Bonchev–Trinajstić information content (AvgIpc) is 3.23. The van der Waals surface area contributed by atoms with Crippen molar-refractivity contribution in [3.8, 4) is 0 Å². The third kappa shape index (κ3) is 3.31. The SMILES string of the molecule is O=C(NC1CCCCN(C2CCCC2)C1)c1ccc2[nH]ncc2c1. The molecule has 1 amide bonds. The molecule has 1 aromatic heterocycles. The molecule has 0 spiro atoms. The van der Waals surface area contributed by atoms with E-state index in [0.29, 0.717) is 0 Å². The monoisotopic (exact) mass is 326 g/mol. The Kier molecular flexibility index (Phi) is 4.52. The predicted molar refractivity (Wildman–Crippen MR) is 95.0 cm³/mol. The van der Waals surface area contributed by atoms with Gasteiger partial charge in [0.15, 0.2) is 0 Å². The van der Waals surface area contributed by atoms with Crippen LogP contribution in [0.1, 0.15) is 55.3 Å². The van der Waals surface area contributed by atoms with Gasteiger partial charge in [0.1, 0.15) is 0 Å². The number of hydrogen-bond donors (Lipinski definition) is 2. The van der Waals surface area contributed by atoms with Crippen LogP contribution in [0.3, 0.4) is 0 Å². The van der Waals surface area contributed by atoms with Crippen LogP contribution in [-0.2, 0) is 0 Å². The lowest BCUT2D eigenvalue weighted by molar-refractivity contribution is 0.0919. The van der Waals surface area contributed by atoms with Crippen molar-refractivity contribution in [2.45, 2.75) is 57.0 Å². The summed E-state index contributed by atoms with van der Waals surface area (Å²) in [6.45, 7) is 2.20. The first kappa shape index (κ1) is 15.6. The Balaban J connectivity index is 1.43. The molecule has 1 aromatic carbocycles. The summed E-state index contributed by atoms with van der Waals surface area (Å²) in [5.41, 5.74) is 1.69. The van der Waals surface area contributed by atoms with Gasteiger partial charge >= 0.3 is 0 Å². The van der Waals surface area contributed by atoms with E-state index in [1.54, 1.807) is 6.20 Å². The first-order valence-corrected chi connectivity index (χ1v) is 9.27. The molecule has 1 unspecified atom stereocenters. The molecule has 1 aliphatic carbocycles. The maximum absolute atomic E-state index is 12.7. The van der Waals surface area contributed by atoms with E-state index in [9.17, 15) is 4.79 Å². The fourth-order valence-corrected chi connectivity index (χ4v) is 4.24. The lowest BCUT2D eigenvalue weighted by Gasteiger charge is -2.30. The topological polar surface area (TPSA) is 61.0 Å². The van der Waals surface area contributed by atoms with Gasteiger partial charge in [0, 0.05) is 29.6 Å². The fraction of sp³-hybridized carbons (Fsp3) is 0.579. The molecule has 0 radical (unpaired) electrons. The van der Waals surface area contributed by atoms with E-state index in [1.807, 2.05) is 18.2 Å². The van der Waals surface area contributed by atoms with Crippen molar-refractivity contribution >= 4 is 16.8 Å². The summed E-state index contributed by atoms with van der Waals surface area (Å²) in [4.78, 5) is 15.3. The Morgan fingerprint density at radius 3 is 2.88 bits per heavy atom. The van der Waals surface area contributed by atoms with Crippen molar-refractivity contribution < 1.29 is 4.79 Å². The number of carbonyl (C=O) groups is 1. The van der Waals surface area contributed by atoms with Crippen molar-refractivity contribution in [3.63, 3.8) is 0 Å². The highest BCUT2D eigenvalue weighted by Gasteiger charge is 2.27. The van der Waals surface area contributed by atoms with Gasteiger partial charge in [0.2, 0.25) is 0 Å². The van der Waals surface area contributed by atoms with Crippen LogP contribution < -0.4 is 5.32 Å². The summed E-state index contributed by atoms with van der Waals surface area (Å²) in [5, 5.41) is 11.2. The number of benzene rings is 1. The minimum Gasteiger partial charge on any atom is -0.348 e. The summed E-state index contributed by atoms with van der Waals surface area (Å²) in [7, 11) is 0. The standard InChI is InChI=1S/C19H26N4O/c24-19(14-8-9-18-15(11-14)12-20-22-18)21-16-5-3-4-10-23(13-16)17-6-1-2-7-17/h8-9,11-12,16-17H,1-7,10,13H2,(H,20,22)(H,21,24). The number of amides is 1. The second-order valence-electron chi connectivity index (χ2n) is 7.27. The molecule has 5 heteroatoms. The third-order valence-electron chi connectivity index (χ3n) is 5.58. The molecule has 1 saturated heterocycles. The van der Waals surface area contributed by atoms with Gasteiger partial charge in [-0.2, -0.15) is 5.10 Å². The van der Waals surface area contributed by atoms with Crippen molar-refractivity contribution in [1.82, 2.24) is 20.4 Å². The molecular formula is C19H26N4O. The molecule has 1 aliphatic heterocycles. The predicted octanol–water partition coefficient (Wildman–Crippen LogP) is 3.09. The lowest BCUT2D eigenvalue weighted by atomic mass is 10.1. The van der Waals surface area contributed by atoms with Crippen molar-refractivity contribution in [3.05, 3.63) is 30.0 Å². The number of aromatic amines is 1. The summed E-state index contributed by atoms with van der Waals surface area (Å²) >= 11 is 0. The lowest BCUT2D eigenvalue weighted by Crippen LogP contribution is -2.45. The first-order chi connectivity index (χ1) is 11.8. The van der Waals surface area contributed by atoms with Gasteiger partial charge in [-0.25, -0.2) is 0 Å². The van der Waals surface area contributed by atoms with Gasteiger partial charge in [0.25, 0.3) is 5.91 Å². The van der Waals surface area contributed by atoms with E-state index in [2.05, 4.69) is 20.4 Å². The van der Waals surface area contributed by atoms with Crippen LogP contribution in [0, 0.1) is 0 Å². The average molecular weight is 326 g/mol. The third-order valence-corrected chi connectivity index (χ3v) is 5.58. The highest BCUT2D eigenvalue weighted by Crippen LogP contribution is 2.26. The maximum Gasteiger partial charge on any atom is 0.251 e. The fourth-order valence-electron chi connectivity index (χ4n) is 4.24. The van der Waals surface area contributed by atoms with Crippen molar-refractivity contribution in [2.24, 2.45) is 0 Å². The molecule has 2 N–H and O–H groups in total. The number of fused-ring (bicyclic) bond motifs is 1. The Morgan fingerprint density at radius 2 is 2.00 bits per heavy atom. The number of likely N-dealkylation sites (tertiary alicyclic amines) is 1. The van der Waals surface area contributed by atoms with Gasteiger partial charge in [-0.05, 0) is 50.4 Å². The molecule has 2 aliphatic rings. The number of rotatable bonds is 3. The van der Waals surface area contributed by atoms with E-state index in [4.69, 9.17) is 0 Å². The summed E-state index contributed by atoms with van der Waals surface area (Å²) < 4.78 is 0. The van der Waals surface area contributed by atoms with Crippen molar-refractivity contribution in [1.29, 1.82) is 0 Å². The van der Waals surface area contributed by atoms with Crippen LogP contribution in [0.15, 0.2) is 24.4 Å². The molecule has 0 bridgehead atoms. The van der Waals surface area contributed by atoms with Crippen LogP contribution >= 0.6 is 0 Å². The summed E-state index contributed by atoms with van der Waals surface area (Å²) in [6, 6.07) is 6.72. The largest absolute Gasteiger partial charge is 0.348 e. The molecule has 4 rings (SSSR count). The minimum absolute atomic E-state index is 0.0383. The number of aromatic nitrogens is 2. The number of carbonyl (C=O) groups excluding carboxylic acids is 1. The molecule has 1 atom stereocenters. The van der Waals surface area contributed by atoms with E-state index >= 15 is 0 Å². The molecule has 24 heavy (non-hydrogen) atoms. The Morgan fingerprint density at radius 1 is 1.17 bits per heavy atom. The first-order valence-electron chi connectivity index (χ1n) is 9.27. The quantitative estimate of drug-likeness (QED) is 0.911. The summed E-state index contributed by atoms with van der Waals surface area (Å²) in [5.74, 6) is 0.0383. The normalized spacial score (nSPS) is 23.4. The molecule has 2 fully saturated rings. The van der Waals surface area contributed by atoms with E-state index in [0.717, 1.165) is 35.5 Å². The van der Waals surface area contributed by atoms with Gasteiger partial charge in [-0.1, -0.05) is 19.3 Å². The van der Waals surface area contributed by atoms with Crippen LogP contribution in [0.25, 0.3) is 10.9 Å². The van der Waals surface area contributed by atoms with Gasteiger partial charge in [-0.3, -0.25) is 14.8 Å². The van der Waals surface area contributed by atoms with Gasteiger partial charge in [0.05, 0.1) is 11.7 Å². The van der Waals surface area contributed by atoms with E-state index < -0.39 is 0 Å². The smallest absolute Gasteiger partial charge is 0.251 e. The Hall–Kier alpha value is -1.88. The highest BCUT2D eigenvalue weighted by molar-refractivity contribution is 5.98. The second-order valence-corrected chi connectivity index (χ2v) is 7.27. The zero-order valence-electron chi connectivity index (χ0n) is 14.1. The summed E-state index contributed by atoms with van der Waals surface area (Å²) in [6.07, 6.45) is 10.7. The highest BCUT2D eigenvalue weighted by atomic mass is 16.1. The molecular weight excluding hydrogens is 300 g/mol. The zero-order valence-corrected chi connectivity index (χ0v) is 14.1. The molecule has 5 nitrogen and oxygen atoms in total. The Labute approximate surface area is 142 Å². The van der Waals surface area contributed by atoms with Crippen molar-refractivity contribution in [2.75, 3.05) is 13.1 Å². The molecule has 2 aromatic rings. The molecule has 2 heterocycles. The van der Waals surface area contributed by atoms with Gasteiger partial charge in [-0.15, -0.1) is 0 Å². The number of H-pyrrole nitrogens is 1. The van der Waals surface area contributed by atoms with E-state index in [-0.39, 0.29) is 11.9 Å². The van der Waals surface area contributed by atoms with Crippen LogP contribution in [0.2, 0.25) is 0 Å². The van der Waals surface area contributed by atoms with Gasteiger partial charge < -0.3 is 5.32 Å². The number of hydrogen-bond acceptors (Lipinski definition) is 3. The minimum atomic E-state index is 0.0383. The second kappa shape index (κ2) is 6.93. The zero-order chi connectivity index (χ0) is 16.4. The number of nitrogens with zero attached hydrogens (tertiary/aromatic N) is 2. The number of nitrogens with one attached hydrogen (secondary N) is 2.